The zero-order valence-electron chi connectivity index (χ0n) is 16.0. The van der Waals surface area contributed by atoms with E-state index in [1.54, 1.807) is 49.1 Å². The van der Waals surface area contributed by atoms with E-state index in [0.717, 1.165) is 0 Å². The summed E-state index contributed by atoms with van der Waals surface area (Å²) in [7, 11) is 1.74. The first-order valence-electron chi connectivity index (χ1n) is 8.88. The predicted molar refractivity (Wildman–Crippen MR) is 114 cm³/mol. The zero-order chi connectivity index (χ0) is 21.3. The zero-order valence-corrected chi connectivity index (χ0v) is 17.5. The summed E-state index contributed by atoms with van der Waals surface area (Å²) in [6, 6.07) is 6.46. The van der Waals surface area contributed by atoms with Gasteiger partial charge in [0.15, 0.2) is 5.65 Å². The lowest BCUT2D eigenvalue weighted by Gasteiger charge is -2.11. The summed E-state index contributed by atoms with van der Waals surface area (Å²) in [6.45, 7) is 1.79. The maximum atomic E-state index is 12.7. The lowest BCUT2D eigenvalue weighted by atomic mass is 10.2. The number of aryl methyl sites for hydroxylation is 1. The lowest BCUT2D eigenvalue weighted by molar-refractivity contribution is 0.0936. The van der Waals surface area contributed by atoms with Crippen LogP contribution in [0.4, 0.5) is 5.69 Å². The average Bonchev–Trinajstić information content (AvgIpc) is 3.35. The number of nitrogens with one attached hydrogen (secondary N) is 2. The van der Waals surface area contributed by atoms with E-state index in [0.29, 0.717) is 31.6 Å². The van der Waals surface area contributed by atoms with E-state index in [2.05, 4.69) is 30.7 Å². The van der Waals surface area contributed by atoms with Crippen LogP contribution >= 0.6 is 22.9 Å². The third-order valence-electron chi connectivity index (χ3n) is 4.29. The van der Waals surface area contributed by atoms with Crippen LogP contribution in [-0.2, 0) is 7.05 Å². The Morgan fingerprint density at radius 2 is 2.00 bits per heavy atom. The van der Waals surface area contributed by atoms with Crippen molar-refractivity contribution in [3.05, 3.63) is 63.6 Å². The number of amides is 2. The number of carbonyl (C=O) groups excluding carboxylic acids is 2. The monoisotopic (exact) mass is 441 g/mol. The van der Waals surface area contributed by atoms with E-state index in [-0.39, 0.29) is 17.5 Å². The van der Waals surface area contributed by atoms with Crippen LogP contribution in [0.3, 0.4) is 0 Å². The van der Waals surface area contributed by atoms with E-state index >= 15 is 0 Å². The molecule has 0 aliphatic carbocycles. The molecular formula is C19H16ClN7O2S. The molecule has 0 saturated carbocycles. The second-order valence-electron chi connectivity index (χ2n) is 6.45. The van der Waals surface area contributed by atoms with Crippen LogP contribution in [0.25, 0.3) is 11.0 Å². The molecule has 9 nitrogen and oxygen atoms in total. The molecule has 0 saturated heterocycles. The molecule has 30 heavy (non-hydrogen) atoms. The molecule has 1 atom stereocenters. The fraction of sp³-hybridized carbons (Fsp3) is 0.158. The Kier molecular flexibility index (Phi) is 5.42. The van der Waals surface area contributed by atoms with Crippen LogP contribution in [-0.4, -0.2) is 36.5 Å². The first-order valence-corrected chi connectivity index (χ1v) is 10.1. The van der Waals surface area contributed by atoms with Gasteiger partial charge in [0.25, 0.3) is 11.8 Å². The number of fused-ring (bicyclic) bond motifs is 1. The number of halogens is 1. The molecule has 0 aliphatic heterocycles. The molecular weight excluding hydrogens is 426 g/mol. The van der Waals surface area contributed by atoms with Gasteiger partial charge in [0.05, 0.1) is 23.8 Å². The first kappa shape index (κ1) is 19.9. The van der Waals surface area contributed by atoms with Gasteiger partial charge in [-0.25, -0.2) is 15.0 Å². The van der Waals surface area contributed by atoms with Gasteiger partial charge in [-0.05, 0) is 25.1 Å². The van der Waals surface area contributed by atoms with Crippen molar-refractivity contribution < 1.29 is 9.59 Å². The number of thiazole rings is 1. The van der Waals surface area contributed by atoms with Crippen molar-refractivity contribution in [1.82, 2.24) is 30.0 Å². The quantitative estimate of drug-likeness (QED) is 0.491. The Morgan fingerprint density at radius 1 is 1.17 bits per heavy atom. The number of hydrogen-bond donors (Lipinski definition) is 2. The van der Waals surface area contributed by atoms with Gasteiger partial charge in [0.2, 0.25) is 0 Å². The second kappa shape index (κ2) is 8.17. The van der Waals surface area contributed by atoms with E-state index in [1.165, 1.54) is 23.9 Å². The van der Waals surface area contributed by atoms with Crippen molar-refractivity contribution in [3.8, 4) is 0 Å². The topological polar surface area (TPSA) is 115 Å². The molecule has 3 aromatic heterocycles. The fourth-order valence-electron chi connectivity index (χ4n) is 2.82. The van der Waals surface area contributed by atoms with Crippen molar-refractivity contribution in [3.63, 3.8) is 0 Å². The summed E-state index contributed by atoms with van der Waals surface area (Å²) >= 11 is 7.14. The third kappa shape index (κ3) is 4.00. The van der Waals surface area contributed by atoms with Crippen molar-refractivity contribution in [2.75, 3.05) is 5.32 Å². The van der Waals surface area contributed by atoms with Crippen LogP contribution in [0.5, 0.6) is 0 Å². The van der Waals surface area contributed by atoms with Crippen LogP contribution in [0.1, 0.15) is 38.1 Å². The van der Waals surface area contributed by atoms with Gasteiger partial charge in [-0.3, -0.25) is 14.3 Å². The normalized spacial score (nSPS) is 12.0. The Bertz CT molecular complexity index is 1250. The highest BCUT2D eigenvalue weighted by Crippen LogP contribution is 2.23. The summed E-state index contributed by atoms with van der Waals surface area (Å²) in [5.41, 5.74) is 1.39. The molecule has 152 valence electrons. The molecule has 0 radical (unpaired) electrons. The first-order chi connectivity index (χ1) is 14.4. The molecule has 11 heteroatoms. The van der Waals surface area contributed by atoms with Gasteiger partial charge in [0, 0.05) is 17.8 Å². The van der Waals surface area contributed by atoms with Crippen LogP contribution < -0.4 is 10.6 Å². The van der Waals surface area contributed by atoms with Crippen molar-refractivity contribution in [2.24, 2.45) is 7.05 Å². The lowest BCUT2D eigenvalue weighted by Crippen LogP contribution is -2.27. The number of hydrogen-bond acceptors (Lipinski definition) is 7. The SMILES string of the molecule is CC(NC(=O)c1ncnc2c1cnn2C)c1ncc(C(=O)Nc2cccc(Cl)c2)s1. The number of anilines is 1. The molecule has 2 amide bonds. The van der Waals surface area contributed by atoms with Gasteiger partial charge in [-0.15, -0.1) is 11.3 Å². The standard InChI is InChI=1S/C19H16ClN7O2S/c1-10(25-18(29)15-13-7-24-27(2)16(13)23-9-22-15)19-21-8-14(30-19)17(28)26-12-5-3-4-11(20)6-12/h3-10H,1-2H3,(H,25,29)(H,26,28). The minimum absolute atomic E-state index is 0.232. The number of rotatable bonds is 5. The van der Waals surface area contributed by atoms with Gasteiger partial charge in [0.1, 0.15) is 21.9 Å². The van der Waals surface area contributed by atoms with Gasteiger partial charge >= 0.3 is 0 Å². The summed E-state index contributed by atoms with van der Waals surface area (Å²) < 4.78 is 1.57. The van der Waals surface area contributed by atoms with Crippen molar-refractivity contribution >= 4 is 51.5 Å². The molecule has 0 aliphatic rings. The Balaban J connectivity index is 1.46. The Hall–Kier alpha value is -3.37. The van der Waals surface area contributed by atoms with Crippen LogP contribution in [0, 0.1) is 0 Å². The summed E-state index contributed by atoms with van der Waals surface area (Å²) in [5, 5.41) is 11.4. The third-order valence-corrected chi connectivity index (χ3v) is 5.71. The molecule has 4 rings (SSSR count). The average molecular weight is 442 g/mol. The van der Waals surface area contributed by atoms with E-state index in [1.807, 2.05) is 0 Å². The summed E-state index contributed by atoms with van der Waals surface area (Å²) in [5.74, 6) is -0.671. The maximum absolute atomic E-state index is 12.7. The highest BCUT2D eigenvalue weighted by atomic mass is 35.5. The van der Waals surface area contributed by atoms with Crippen LogP contribution in [0.2, 0.25) is 5.02 Å². The van der Waals surface area contributed by atoms with Crippen LogP contribution in [0.15, 0.2) is 43.0 Å². The molecule has 1 unspecified atom stereocenters. The number of aromatic nitrogens is 5. The number of benzene rings is 1. The summed E-state index contributed by atoms with van der Waals surface area (Å²) in [4.78, 5) is 38.1. The Labute approximate surface area is 180 Å². The number of carbonyl (C=O) groups is 2. The minimum Gasteiger partial charge on any atom is -0.342 e. The second-order valence-corrected chi connectivity index (χ2v) is 7.95. The van der Waals surface area contributed by atoms with Gasteiger partial charge < -0.3 is 10.6 Å². The van der Waals surface area contributed by atoms with E-state index in [4.69, 9.17) is 11.6 Å². The van der Waals surface area contributed by atoms with E-state index < -0.39 is 6.04 Å². The minimum atomic E-state index is -0.420. The highest BCUT2D eigenvalue weighted by molar-refractivity contribution is 7.13. The Morgan fingerprint density at radius 3 is 2.80 bits per heavy atom. The van der Waals surface area contributed by atoms with Gasteiger partial charge in [-0.2, -0.15) is 5.10 Å². The summed E-state index contributed by atoms with van der Waals surface area (Å²) in [6.07, 6.45) is 4.36. The largest absolute Gasteiger partial charge is 0.342 e. The van der Waals surface area contributed by atoms with E-state index in [9.17, 15) is 9.59 Å². The smallest absolute Gasteiger partial charge is 0.271 e. The molecule has 0 bridgehead atoms. The maximum Gasteiger partial charge on any atom is 0.271 e. The molecule has 1 aromatic carbocycles. The molecule has 4 aromatic rings. The molecule has 0 fully saturated rings. The highest BCUT2D eigenvalue weighted by Gasteiger charge is 2.20. The molecule has 3 heterocycles. The predicted octanol–water partition coefficient (Wildman–Crippen LogP) is 3.22. The van der Waals surface area contributed by atoms with Crippen molar-refractivity contribution in [2.45, 2.75) is 13.0 Å². The number of nitrogens with zero attached hydrogens (tertiary/aromatic N) is 5. The van der Waals surface area contributed by atoms with Crippen molar-refractivity contribution in [1.29, 1.82) is 0 Å². The molecule has 2 N–H and O–H groups in total. The fourth-order valence-corrected chi connectivity index (χ4v) is 3.83. The molecule has 0 spiro atoms. The van der Waals surface area contributed by atoms with Gasteiger partial charge in [-0.1, -0.05) is 17.7 Å².